The Kier molecular flexibility index (Phi) is 1.90. The van der Waals surface area contributed by atoms with E-state index in [2.05, 4.69) is 33.0 Å². The second-order valence-corrected chi connectivity index (χ2v) is 3.62. The van der Waals surface area contributed by atoms with Crippen molar-refractivity contribution in [2.75, 3.05) is 0 Å². The summed E-state index contributed by atoms with van der Waals surface area (Å²) in [5, 5.41) is 1.21. The van der Waals surface area contributed by atoms with Gasteiger partial charge in [-0.1, -0.05) is 22.0 Å². The summed E-state index contributed by atoms with van der Waals surface area (Å²) < 4.78 is 1.08. The van der Waals surface area contributed by atoms with E-state index in [4.69, 9.17) is 5.73 Å². The predicted octanol–water partition coefficient (Wildman–Crippen LogP) is 2.39. The fourth-order valence-electron chi connectivity index (χ4n) is 1.33. The summed E-state index contributed by atoms with van der Waals surface area (Å²) in [5.74, 6) is 0. The second kappa shape index (κ2) is 2.92. The zero-order valence-electron chi connectivity index (χ0n) is 6.47. The van der Waals surface area contributed by atoms with Crippen molar-refractivity contribution in [3.63, 3.8) is 0 Å². The third-order valence-corrected chi connectivity index (χ3v) is 2.44. The van der Waals surface area contributed by atoms with Gasteiger partial charge in [-0.3, -0.25) is 0 Å². The van der Waals surface area contributed by atoms with Crippen LogP contribution in [0, 0.1) is 0 Å². The molecule has 0 aliphatic rings. The van der Waals surface area contributed by atoms with E-state index in [1.807, 2.05) is 12.3 Å². The molecule has 62 valence electrons. The van der Waals surface area contributed by atoms with Crippen LogP contribution in [0.3, 0.4) is 0 Å². The van der Waals surface area contributed by atoms with Crippen molar-refractivity contribution < 1.29 is 0 Å². The van der Waals surface area contributed by atoms with Crippen LogP contribution in [0.25, 0.3) is 10.9 Å². The van der Waals surface area contributed by atoms with Gasteiger partial charge < -0.3 is 10.7 Å². The fraction of sp³-hybridized carbons (Fsp3) is 0.111. The Morgan fingerprint density at radius 1 is 1.42 bits per heavy atom. The van der Waals surface area contributed by atoms with Gasteiger partial charge in [0.2, 0.25) is 0 Å². The molecule has 3 heteroatoms. The summed E-state index contributed by atoms with van der Waals surface area (Å²) in [7, 11) is 0. The third-order valence-electron chi connectivity index (χ3n) is 1.95. The molecular formula is C9H9BrN2. The highest BCUT2D eigenvalue weighted by molar-refractivity contribution is 9.10. The number of aromatic nitrogens is 1. The molecule has 1 aromatic heterocycles. The maximum atomic E-state index is 5.57. The van der Waals surface area contributed by atoms with Crippen LogP contribution in [0.4, 0.5) is 0 Å². The Hall–Kier alpha value is -0.800. The number of H-pyrrole nitrogens is 1. The Balaban J connectivity index is 2.73. The lowest BCUT2D eigenvalue weighted by molar-refractivity contribution is 1.08. The lowest BCUT2D eigenvalue weighted by Crippen LogP contribution is -1.93. The average Bonchev–Trinajstić information content (AvgIpc) is 2.46. The number of benzene rings is 1. The number of halogens is 1. The Labute approximate surface area is 78.9 Å². The molecule has 12 heavy (non-hydrogen) atoms. The molecule has 0 aliphatic carbocycles. The molecule has 0 spiro atoms. The van der Waals surface area contributed by atoms with Crippen molar-refractivity contribution in [1.29, 1.82) is 0 Å². The minimum atomic E-state index is 0.585. The molecule has 0 amide bonds. The van der Waals surface area contributed by atoms with Gasteiger partial charge in [-0.15, -0.1) is 0 Å². The molecule has 0 bridgehead atoms. The van der Waals surface area contributed by atoms with Crippen molar-refractivity contribution in [3.05, 3.63) is 34.4 Å². The first kappa shape index (κ1) is 7.83. The second-order valence-electron chi connectivity index (χ2n) is 2.71. The summed E-state index contributed by atoms with van der Waals surface area (Å²) in [4.78, 5) is 3.17. The molecule has 2 rings (SSSR count). The van der Waals surface area contributed by atoms with Crippen molar-refractivity contribution in [2.45, 2.75) is 6.54 Å². The molecule has 0 unspecified atom stereocenters. The zero-order chi connectivity index (χ0) is 8.55. The van der Waals surface area contributed by atoms with E-state index in [9.17, 15) is 0 Å². The first-order valence-electron chi connectivity index (χ1n) is 3.77. The largest absolute Gasteiger partial charge is 0.361 e. The van der Waals surface area contributed by atoms with Crippen molar-refractivity contribution in [3.8, 4) is 0 Å². The van der Waals surface area contributed by atoms with Gasteiger partial charge in [-0.25, -0.2) is 0 Å². The summed E-state index contributed by atoms with van der Waals surface area (Å²) in [6, 6.07) is 6.14. The summed E-state index contributed by atoms with van der Waals surface area (Å²) in [5.41, 5.74) is 7.86. The lowest BCUT2D eigenvalue weighted by Gasteiger charge is -1.93. The lowest BCUT2D eigenvalue weighted by atomic mass is 10.2. The zero-order valence-corrected chi connectivity index (χ0v) is 8.06. The van der Waals surface area contributed by atoms with Gasteiger partial charge in [0.1, 0.15) is 0 Å². The van der Waals surface area contributed by atoms with E-state index in [0.29, 0.717) is 6.54 Å². The number of fused-ring (bicyclic) bond motifs is 1. The van der Waals surface area contributed by atoms with Crippen molar-refractivity contribution in [2.24, 2.45) is 5.73 Å². The number of hydrogen-bond acceptors (Lipinski definition) is 1. The maximum absolute atomic E-state index is 5.57. The molecule has 2 nitrogen and oxygen atoms in total. The summed E-state index contributed by atoms with van der Waals surface area (Å²) in [6.07, 6.45) is 1.96. The van der Waals surface area contributed by atoms with Gasteiger partial charge in [0.05, 0.1) is 0 Å². The molecule has 0 atom stereocenters. The molecule has 2 aromatic rings. The maximum Gasteiger partial charge on any atom is 0.0468 e. The van der Waals surface area contributed by atoms with Crippen LogP contribution in [0.5, 0.6) is 0 Å². The Morgan fingerprint density at radius 2 is 2.25 bits per heavy atom. The van der Waals surface area contributed by atoms with E-state index in [1.54, 1.807) is 0 Å². The van der Waals surface area contributed by atoms with E-state index >= 15 is 0 Å². The fourth-order valence-corrected chi connectivity index (χ4v) is 1.69. The van der Waals surface area contributed by atoms with E-state index < -0.39 is 0 Å². The quantitative estimate of drug-likeness (QED) is 0.768. The van der Waals surface area contributed by atoms with Crippen LogP contribution in [-0.4, -0.2) is 4.98 Å². The van der Waals surface area contributed by atoms with E-state index in [-0.39, 0.29) is 0 Å². The van der Waals surface area contributed by atoms with Crippen molar-refractivity contribution >= 4 is 26.8 Å². The van der Waals surface area contributed by atoms with Gasteiger partial charge in [-0.05, 0) is 17.7 Å². The first-order valence-corrected chi connectivity index (χ1v) is 4.56. The van der Waals surface area contributed by atoms with Gasteiger partial charge >= 0.3 is 0 Å². The molecule has 0 saturated heterocycles. The number of nitrogens with two attached hydrogens (primary N) is 1. The van der Waals surface area contributed by atoms with Crippen LogP contribution >= 0.6 is 15.9 Å². The van der Waals surface area contributed by atoms with Crippen LogP contribution in [0.1, 0.15) is 5.56 Å². The Bertz CT molecular complexity index is 406. The van der Waals surface area contributed by atoms with Gasteiger partial charge in [0, 0.05) is 28.1 Å². The SMILES string of the molecule is NCc1c[nH]c2cc(Br)ccc12. The normalized spacial score (nSPS) is 10.8. The van der Waals surface area contributed by atoms with Crippen LogP contribution in [0.2, 0.25) is 0 Å². The highest BCUT2D eigenvalue weighted by Crippen LogP contribution is 2.21. The number of rotatable bonds is 1. The molecular weight excluding hydrogens is 216 g/mol. The predicted molar refractivity (Wildman–Crippen MR) is 53.9 cm³/mol. The Morgan fingerprint density at radius 3 is 3.00 bits per heavy atom. The van der Waals surface area contributed by atoms with Crippen LogP contribution in [-0.2, 0) is 6.54 Å². The molecule has 0 saturated carbocycles. The summed E-state index contributed by atoms with van der Waals surface area (Å²) >= 11 is 3.41. The number of nitrogens with one attached hydrogen (secondary N) is 1. The summed E-state index contributed by atoms with van der Waals surface area (Å²) in [6.45, 7) is 0.585. The molecule has 0 aliphatic heterocycles. The monoisotopic (exact) mass is 224 g/mol. The van der Waals surface area contributed by atoms with Gasteiger partial charge in [0.25, 0.3) is 0 Å². The number of aromatic amines is 1. The minimum absolute atomic E-state index is 0.585. The van der Waals surface area contributed by atoms with E-state index in [1.165, 1.54) is 5.39 Å². The molecule has 0 fully saturated rings. The highest BCUT2D eigenvalue weighted by atomic mass is 79.9. The smallest absolute Gasteiger partial charge is 0.0468 e. The number of hydrogen-bond donors (Lipinski definition) is 2. The molecule has 1 heterocycles. The highest BCUT2D eigenvalue weighted by Gasteiger charge is 2.00. The first-order chi connectivity index (χ1) is 5.81. The third kappa shape index (κ3) is 1.15. The van der Waals surface area contributed by atoms with Crippen molar-refractivity contribution in [1.82, 2.24) is 4.98 Å². The van der Waals surface area contributed by atoms with Crippen LogP contribution in [0.15, 0.2) is 28.9 Å². The van der Waals surface area contributed by atoms with E-state index in [0.717, 1.165) is 15.6 Å². The topological polar surface area (TPSA) is 41.8 Å². The standard InChI is InChI=1S/C9H9BrN2/c10-7-1-2-8-6(4-11)5-12-9(8)3-7/h1-3,5,12H,4,11H2. The molecule has 0 radical (unpaired) electrons. The van der Waals surface area contributed by atoms with Crippen LogP contribution < -0.4 is 5.73 Å². The minimum Gasteiger partial charge on any atom is -0.361 e. The molecule has 1 aromatic carbocycles. The molecule has 3 N–H and O–H groups in total. The average molecular weight is 225 g/mol. The van der Waals surface area contributed by atoms with Gasteiger partial charge in [0.15, 0.2) is 0 Å². The van der Waals surface area contributed by atoms with Gasteiger partial charge in [-0.2, -0.15) is 0 Å².